The van der Waals surface area contributed by atoms with Crippen LogP contribution in [0.2, 0.25) is 12.1 Å². The van der Waals surface area contributed by atoms with Crippen LogP contribution in [-0.2, 0) is 21.8 Å². The second kappa shape index (κ2) is 58.5. The molecule has 16 nitrogen and oxygen atoms in total. The zero-order valence-electron chi connectivity index (χ0n) is 49.0. The average molecular weight is 1190 g/mol. The van der Waals surface area contributed by atoms with Crippen molar-refractivity contribution < 1.29 is 99.1 Å². The minimum Gasteiger partial charge on any atom is -1.00 e. The van der Waals surface area contributed by atoms with E-state index >= 15 is 0 Å². The molecule has 74 heavy (non-hydrogen) atoms. The van der Waals surface area contributed by atoms with Crippen LogP contribution in [0.5, 0.6) is 0 Å². The van der Waals surface area contributed by atoms with Gasteiger partial charge in [0.1, 0.15) is 0 Å². The average Bonchev–Trinajstić information content (AvgIpc) is 3.30. The van der Waals surface area contributed by atoms with E-state index in [1.54, 1.807) is 14.2 Å². The third-order valence-electron chi connectivity index (χ3n) is 13.2. The second-order valence-electron chi connectivity index (χ2n) is 21.1. The van der Waals surface area contributed by atoms with Gasteiger partial charge in [0.2, 0.25) is 0 Å². The van der Waals surface area contributed by atoms with Gasteiger partial charge < -0.3 is 99.1 Å². The summed E-state index contributed by atoms with van der Waals surface area (Å²) in [5.41, 5.74) is 0. The van der Waals surface area contributed by atoms with Crippen molar-refractivity contribution in [2.24, 2.45) is 0 Å². The van der Waals surface area contributed by atoms with E-state index in [4.69, 9.17) is 60.5 Å². The predicted molar refractivity (Wildman–Crippen MR) is 306 cm³/mol. The Morgan fingerprint density at radius 3 is 0.730 bits per heavy atom. The number of hydrogen-bond acceptors (Lipinski definition) is 14. The first-order valence-electron chi connectivity index (χ1n) is 28.3. The molecule has 0 bridgehead atoms. The van der Waals surface area contributed by atoms with Crippen LogP contribution >= 0.6 is 0 Å². The Bertz CT molecular complexity index is 1080. The number of hydrogen-bond donors (Lipinski definition) is 9. The van der Waals surface area contributed by atoms with E-state index < -0.39 is 35.7 Å². The highest BCUT2D eigenvalue weighted by Gasteiger charge is 2.52. The molecule has 0 rings (SSSR count). The molecule has 0 aliphatic rings. The first kappa shape index (κ1) is 88.6. The van der Waals surface area contributed by atoms with Gasteiger partial charge in [-0.1, -0.05) is 201 Å². The van der Waals surface area contributed by atoms with Crippen molar-refractivity contribution in [3.8, 4) is 0 Å². The van der Waals surface area contributed by atoms with E-state index in [9.17, 15) is 4.80 Å². The third kappa shape index (κ3) is 70.8. The third-order valence-corrected chi connectivity index (χ3v) is 19.7. The topological polar surface area (TPSA) is 228 Å². The van der Waals surface area contributed by atoms with Crippen LogP contribution in [-0.4, -0.2) is 178 Å². The first-order chi connectivity index (χ1) is 33.5. The van der Waals surface area contributed by atoms with Gasteiger partial charge in [-0.05, 0) is 25.7 Å². The lowest BCUT2D eigenvalue weighted by Crippen LogP contribution is -3.00. The van der Waals surface area contributed by atoms with Gasteiger partial charge in [-0.2, -0.15) is 0 Å². The highest BCUT2D eigenvalue weighted by atomic mass is 35.5. The van der Waals surface area contributed by atoms with Crippen molar-refractivity contribution in [3.63, 3.8) is 0 Å². The molecule has 0 unspecified atom stereocenters. The van der Waals surface area contributed by atoms with Gasteiger partial charge in [-0.3, -0.25) is 0 Å². The van der Waals surface area contributed by atoms with Gasteiger partial charge in [-0.15, -0.1) is 0 Å². The zero-order chi connectivity index (χ0) is 54.8. The Morgan fingerprint density at radius 2 is 0.527 bits per heavy atom. The van der Waals surface area contributed by atoms with Crippen molar-refractivity contribution in [1.29, 1.82) is 0 Å². The molecule has 0 aromatic carbocycles. The molecule has 0 saturated carbocycles. The molecule has 0 atom stereocenters. The minimum atomic E-state index is -4.61. The van der Waals surface area contributed by atoms with E-state index in [-0.39, 0.29) is 38.3 Å². The van der Waals surface area contributed by atoms with E-state index in [1.807, 2.05) is 0 Å². The van der Waals surface area contributed by atoms with Gasteiger partial charge >= 0.3 is 35.7 Å². The summed E-state index contributed by atoms with van der Waals surface area (Å²) >= 11 is 0. The van der Waals surface area contributed by atoms with Crippen LogP contribution in [0.15, 0.2) is 0 Å². The Balaban J connectivity index is -0.000000212. The van der Waals surface area contributed by atoms with E-state index in [0.717, 1.165) is 42.1 Å². The van der Waals surface area contributed by atoms with Crippen LogP contribution in [0.25, 0.3) is 0 Å². The Hall–Kier alpha value is 0.808. The van der Waals surface area contributed by atoms with Crippen molar-refractivity contribution in [2.45, 2.75) is 252 Å². The summed E-state index contributed by atoms with van der Waals surface area (Å²) in [5, 5.41) is 7.00. The standard InChI is InChI=1S/C27H62NO6Si2.C23H52NO3Si.CH4O.CH4.2ClH.H4O4Si/c1-8-9-10-11-12-13-14-15-16-17-18-19-20-21-22-23-25-28(2,3)26-24-27-35(30-4,31-5)34-36(29,32-6)33-7;1-4-5-6-7-8-9-10-11-12-13-14-15-16-17-18-19-21-24(2,3)22-20-23-28(25,26)27;1-2;;;;1-5(2,3)4/h29H,8-27H2,1-7H3;25-27H,4-23H2,1-3H3;2H,1H3;1H4;2*1H;1-4H/q2*+1;;;;;/p-2. The highest BCUT2D eigenvalue weighted by Crippen LogP contribution is 2.23. The largest absolute Gasteiger partial charge is 1.00 e. The normalized spacial score (nSPS) is 12.0. The van der Waals surface area contributed by atoms with Gasteiger partial charge in [0.25, 0.3) is 0 Å². The molecule has 0 fully saturated rings. The van der Waals surface area contributed by atoms with E-state index in [0.29, 0.717) is 12.5 Å². The van der Waals surface area contributed by atoms with Gasteiger partial charge in [0.15, 0.2) is 0 Å². The van der Waals surface area contributed by atoms with Crippen molar-refractivity contribution in [3.05, 3.63) is 0 Å². The van der Waals surface area contributed by atoms with Crippen LogP contribution in [0, 0.1) is 0 Å². The summed E-state index contributed by atoms with van der Waals surface area (Å²) < 4.78 is 28.9. The lowest BCUT2D eigenvalue weighted by Gasteiger charge is -2.34. The molecule has 0 radical (unpaired) electrons. The molecular weight excluding hydrogens is 1060 g/mol. The first-order valence-corrected chi connectivity index (χ1v) is 35.7. The van der Waals surface area contributed by atoms with Gasteiger partial charge in [0, 0.05) is 60.5 Å². The molecule has 0 aliphatic heterocycles. The van der Waals surface area contributed by atoms with Crippen molar-refractivity contribution >= 4 is 35.7 Å². The number of rotatable bonds is 48. The summed E-state index contributed by atoms with van der Waals surface area (Å²) in [4.78, 5) is 66.9. The molecule has 0 saturated heterocycles. The molecule has 0 aromatic rings. The lowest BCUT2D eigenvalue weighted by atomic mass is 10.0. The monoisotopic (exact) mass is 1180 g/mol. The predicted octanol–water partition coefficient (Wildman–Crippen LogP) is 3.96. The quantitative estimate of drug-likeness (QED) is 0.0239. The second-order valence-corrected chi connectivity index (χ2v) is 29.7. The zero-order valence-corrected chi connectivity index (χ0v) is 54.5. The fourth-order valence-corrected chi connectivity index (χ4v) is 13.9. The number of nitrogens with zero attached hydrogens (tertiary/aromatic N) is 2. The lowest BCUT2D eigenvalue weighted by molar-refractivity contribution is -0.890. The van der Waals surface area contributed by atoms with Gasteiger partial charge in [-0.25, -0.2) is 0 Å². The van der Waals surface area contributed by atoms with E-state index in [1.165, 1.54) is 226 Å². The molecule has 0 aromatic heterocycles. The van der Waals surface area contributed by atoms with Crippen LogP contribution in [0.3, 0.4) is 0 Å². The molecule has 0 amide bonds. The molecular formula is C52H126Cl2N2O14Si4. The number of aliphatic hydroxyl groups is 1. The number of quaternary nitrogens is 2. The summed E-state index contributed by atoms with van der Waals surface area (Å²) in [5.74, 6) is 0. The van der Waals surface area contributed by atoms with Crippen LogP contribution in [0.1, 0.15) is 240 Å². The molecule has 0 aliphatic carbocycles. The summed E-state index contributed by atoms with van der Waals surface area (Å²) in [6.45, 7) is 8.77. The summed E-state index contributed by atoms with van der Waals surface area (Å²) in [7, 11) is 0.604. The fraction of sp³-hybridized carbons (Fsp3) is 1.00. The minimum absolute atomic E-state index is 0. The Kier molecular flexibility index (Phi) is 70.0. The Morgan fingerprint density at radius 1 is 0.324 bits per heavy atom. The number of halogens is 2. The maximum absolute atomic E-state index is 10.3. The Labute approximate surface area is 474 Å². The number of unbranched alkanes of at least 4 members (excludes halogenated alkanes) is 30. The smallest absolute Gasteiger partial charge is 0.668 e. The fourth-order valence-electron chi connectivity index (χ4n) is 8.65. The highest BCUT2D eigenvalue weighted by molar-refractivity contribution is 6.71. The van der Waals surface area contributed by atoms with Crippen LogP contribution < -0.4 is 24.8 Å². The van der Waals surface area contributed by atoms with E-state index in [2.05, 4.69) is 42.0 Å². The molecule has 9 N–H and O–H groups in total. The van der Waals surface area contributed by atoms with Crippen LogP contribution in [0.4, 0.5) is 0 Å². The SMILES string of the molecule is C.CCCCCCCCCCCCCCCCCC[N+](C)(C)CCC[Si](O)(O)O.CCCCCCCCCCCCCCCCCC[N+](C)(C)CCC[Si](OC)(OC)O[Si](O)(OC)OC.CO.O[Si](O)(O)O.[Cl-].[Cl-]. The molecule has 458 valence electrons. The molecule has 0 spiro atoms. The molecule has 22 heteroatoms. The molecule has 0 heterocycles. The maximum atomic E-state index is 10.3. The van der Waals surface area contributed by atoms with Crippen molar-refractivity contribution in [2.75, 3.05) is 89.9 Å². The van der Waals surface area contributed by atoms with Crippen molar-refractivity contribution in [1.82, 2.24) is 0 Å². The van der Waals surface area contributed by atoms with Gasteiger partial charge in [0.05, 0.1) is 54.4 Å². The number of aliphatic hydroxyl groups excluding tert-OH is 1. The summed E-state index contributed by atoms with van der Waals surface area (Å²) in [6.07, 6.45) is 46.3. The maximum Gasteiger partial charge on any atom is 0.668 e. The summed E-state index contributed by atoms with van der Waals surface area (Å²) in [6, 6.07) is 0.774.